The van der Waals surface area contributed by atoms with E-state index in [0.29, 0.717) is 11.8 Å². The lowest BCUT2D eigenvalue weighted by Gasteiger charge is -2.21. The van der Waals surface area contributed by atoms with Crippen molar-refractivity contribution >= 4 is 15.9 Å². The van der Waals surface area contributed by atoms with E-state index in [4.69, 9.17) is 4.74 Å². The van der Waals surface area contributed by atoms with Crippen molar-refractivity contribution in [1.82, 2.24) is 0 Å². The number of alkyl halides is 1. The highest BCUT2D eigenvalue weighted by Gasteiger charge is 2.16. The summed E-state index contributed by atoms with van der Waals surface area (Å²) in [7, 11) is 0. The summed E-state index contributed by atoms with van der Waals surface area (Å²) in [5.41, 5.74) is 2.89. The summed E-state index contributed by atoms with van der Waals surface area (Å²) in [6, 6.07) is 6.57. The first-order valence-corrected chi connectivity index (χ1v) is 8.07. The van der Waals surface area contributed by atoms with Gasteiger partial charge < -0.3 is 4.74 Å². The Morgan fingerprint density at radius 1 is 1.22 bits per heavy atom. The minimum absolute atomic E-state index is 0.583. The molecule has 18 heavy (non-hydrogen) atoms. The van der Waals surface area contributed by atoms with Gasteiger partial charge in [-0.25, -0.2) is 0 Å². The van der Waals surface area contributed by atoms with E-state index >= 15 is 0 Å². The fourth-order valence-corrected chi connectivity index (χ4v) is 2.64. The maximum atomic E-state index is 5.71. The van der Waals surface area contributed by atoms with E-state index in [-0.39, 0.29) is 0 Å². The fourth-order valence-electron chi connectivity index (χ4n) is 2.08. The molecule has 1 nitrogen and oxygen atoms in total. The second kappa shape index (κ2) is 7.83. The summed E-state index contributed by atoms with van der Waals surface area (Å²) < 4.78 is 5.71. The van der Waals surface area contributed by atoms with Gasteiger partial charge in [-0.05, 0) is 47.9 Å². The summed E-state index contributed by atoms with van der Waals surface area (Å²) in [4.78, 5) is 0. The van der Waals surface area contributed by atoms with Crippen molar-refractivity contribution < 1.29 is 4.74 Å². The molecule has 2 atom stereocenters. The molecule has 2 heteroatoms. The third kappa shape index (κ3) is 4.01. The van der Waals surface area contributed by atoms with Gasteiger partial charge in [0.15, 0.2) is 0 Å². The first-order valence-electron chi connectivity index (χ1n) is 6.95. The first-order chi connectivity index (χ1) is 8.63. The predicted octanol–water partition coefficient (Wildman–Crippen LogP) is 5.17. The van der Waals surface area contributed by atoms with Gasteiger partial charge in [0.1, 0.15) is 5.75 Å². The number of benzene rings is 1. The standard InChI is InChI=1S/C16H25BrO/c1-5-9-18-15-7-8-16(14(6-2)10-15)13(4)12(3)11-17/h7-8,10,12-13H,5-6,9,11H2,1-4H3. The number of rotatable bonds is 7. The van der Waals surface area contributed by atoms with E-state index < -0.39 is 0 Å². The summed E-state index contributed by atoms with van der Waals surface area (Å²) >= 11 is 3.58. The highest BCUT2D eigenvalue weighted by molar-refractivity contribution is 9.09. The Morgan fingerprint density at radius 2 is 1.94 bits per heavy atom. The van der Waals surface area contributed by atoms with Crippen LogP contribution in [0.1, 0.15) is 51.2 Å². The number of halogens is 1. The van der Waals surface area contributed by atoms with Gasteiger partial charge in [-0.15, -0.1) is 0 Å². The molecule has 0 saturated heterocycles. The van der Waals surface area contributed by atoms with E-state index in [1.165, 1.54) is 11.1 Å². The molecule has 2 unspecified atom stereocenters. The molecule has 0 saturated carbocycles. The summed E-state index contributed by atoms with van der Waals surface area (Å²) in [6.45, 7) is 9.76. The number of ether oxygens (including phenoxy) is 1. The van der Waals surface area contributed by atoms with Crippen LogP contribution in [0.5, 0.6) is 5.75 Å². The molecule has 0 fully saturated rings. The van der Waals surface area contributed by atoms with Gasteiger partial charge in [0.25, 0.3) is 0 Å². The Hall–Kier alpha value is -0.500. The van der Waals surface area contributed by atoms with Gasteiger partial charge in [0.2, 0.25) is 0 Å². The van der Waals surface area contributed by atoms with Crippen LogP contribution < -0.4 is 4.74 Å². The van der Waals surface area contributed by atoms with Crippen molar-refractivity contribution in [3.05, 3.63) is 29.3 Å². The van der Waals surface area contributed by atoms with Crippen LogP contribution >= 0.6 is 15.9 Å². The molecular formula is C16H25BrO. The second-order valence-electron chi connectivity index (χ2n) is 4.98. The van der Waals surface area contributed by atoms with E-state index in [1.54, 1.807) is 0 Å². The SMILES string of the molecule is CCCOc1ccc(C(C)C(C)CBr)c(CC)c1. The van der Waals surface area contributed by atoms with Gasteiger partial charge in [-0.2, -0.15) is 0 Å². The number of hydrogen-bond donors (Lipinski definition) is 0. The van der Waals surface area contributed by atoms with Crippen LogP contribution in [0.3, 0.4) is 0 Å². The second-order valence-corrected chi connectivity index (χ2v) is 5.63. The van der Waals surface area contributed by atoms with Crippen LogP contribution in [0.25, 0.3) is 0 Å². The molecule has 1 aromatic carbocycles. The van der Waals surface area contributed by atoms with Gasteiger partial charge in [-0.1, -0.05) is 49.7 Å². The Morgan fingerprint density at radius 3 is 2.50 bits per heavy atom. The lowest BCUT2D eigenvalue weighted by atomic mass is 9.86. The Kier molecular flexibility index (Phi) is 6.77. The topological polar surface area (TPSA) is 9.23 Å². The molecule has 0 aliphatic carbocycles. The molecular weight excluding hydrogens is 288 g/mol. The van der Waals surface area contributed by atoms with Gasteiger partial charge in [0.05, 0.1) is 6.61 Å². The average molecular weight is 313 g/mol. The Balaban J connectivity index is 2.92. The van der Waals surface area contributed by atoms with Crippen LogP contribution in [0.4, 0.5) is 0 Å². The Bertz CT molecular complexity index is 362. The summed E-state index contributed by atoms with van der Waals surface area (Å²) in [5.74, 6) is 2.24. The summed E-state index contributed by atoms with van der Waals surface area (Å²) in [5, 5.41) is 1.05. The highest BCUT2D eigenvalue weighted by Crippen LogP contribution is 2.30. The largest absolute Gasteiger partial charge is 0.494 e. The van der Waals surface area contributed by atoms with Crippen molar-refractivity contribution in [2.75, 3.05) is 11.9 Å². The zero-order valence-electron chi connectivity index (χ0n) is 12.0. The zero-order chi connectivity index (χ0) is 13.5. The smallest absolute Gasteiger partial charge is 0.119 e. The predicted molar refractivity (Wildman–Crippen MR) is 83.0 cm³/mol. The maximum Gasteiger partial charge on any atom is 0.119 e. The van der Waals surface area contributed by atoms with Crippen molar-refractivity contribution in [1.29, 1.82) is 0 Å². The molecule has 0 radical (unpaired) electrons. The van der Waals surface area contributed by atoms with Crippen molar-refractivity contribution in [2.24, 2.45) is 5.92 Å². The monoisotopic (exact) mass is 312 g/mol. The minimum Gasteiger partial charge on any atom is -0.494 e. The summed E-state index contributed by atoms with van der Waals surface area (Å²) in [6.07, 6.45) is 2.12. The molecule has 0 aromatic heterocycles. The van der Waals surface area contributed by atoms with E-state index in [9.17, 15) is 0 Å². The molecule has 102 valence electrons. The molecule has 0 N–H and O–H groups in total. The van der Waals surface area contributed by atoms with E-state index in [1.807, 2.05) is 0 Å². The molecule has 0 bridgehead atoms. The van der Waals surface area contributed by atoms with Crippen LogP contribution in [0.15, 0.2) is 18.2 Å². The molecule has 1 aromatic rings. The van der Waals surface area contributed by atoms with Gasteiger partial charge >= 0.3 is 0 Å². The maximum absolute atomic E-state index is 5.71. The molecule has 0 spiro atoms. The van der Waals surface area contributed by atoms with E-state index in [0.717, 1.165) is 30.5 Å². The van der Waals surface area contributed by atoms with Gasteiger partial charge in [0, 0.05) is 5.33 Å². The zero-order valence-corrected chi connectivity index (χ0v) is 13.6. The fraction of sp³-hybridized carbons (Fsp3) is 0.625. The van der Waals surface area contributed by atoms with Crippen LogP contribution in [-0.2, 0) is 6.42 Å². The van der Waals surface area contributed by atoms with Crippen molar-refractivity contribution in [2.45, 2.75) is 46.5 Å². The lowest BCUT2D eigenvalue weighted by Crippen LogP contribution is -2.10. The Labute approximate surface area is 120 Å². The molecule has 0 amide bonds. The molecule has 1 rings (SSSR count). The van der Waals surface area contributed by atoms with Crippen molar-refractivity contribution in [3.8, 4) is 5.75 Å². The molecule has 0 heterocycles. The van der Waals surface area contributed by atoms with Crippen molar-refractivity contribution in [3.63, 3.8) is 0 Å². The highest BCUT2D eigenvalue weighted by atomic mass is 79.9. The molecule has 0 aliphatic heterocycles. The van der Waals surface area contributed by atoms with Crippen LogP contribution in [0, 0.1) is 5.92 Å². The lowest BCUT2D eigenvalue weighted by molar-refractivity contribution is 0.317. The normalized spacial score (nSPS) is 14.3. The van der Waals surface area contributed by atoms with E-state index in [2.05, 4.69) is 61.8 Å². The van der Waals surface area contributed by atoms with Crippen LogP contribution in [0.2, 0.25) is 0 Å². The van der Waals surface area contributed by atoms with Gasteiger partial charge in [-0.3, -0.25) is 0 Å². The minimum atomic E-state index is 0.583. The third-order valence-electron chi connectivity index (χ3n) is 3.56. The first kappa shape index (κ1) is 15.6. The number of hydrogen-bond acceptors (Lipinski definition) is 1. The third-order valence-corrected chi connectivity index (χ3v) is 4.58. The number of aryl methyl sites for hydroxylation is 1. The quantitative estimate of drug-likeness (QED) is 0.631. The average Bonchev–Trinajstić information content (AvgIpc) is 2.42. The molecule has 0 aliphatic rings. The van der Waals surface area contributed by atoms with Crippen LogP contribution in [-0.4, -0.2) is 11.9 Å².